The Labute approximate surface area is 127 Å². The fourth-order valence-electron chi connectivity index (χ4n) is 1.89. The summed E-state index contributed by atoms with van der Waals surface area (Å²) in [6.45, 7) is 7.56. The number of aryl methyl sites for hydroxylation is 1. The highest BCUT2D eigenvalue weighted by atomic mass is 32.2. The van der Waals surface area contributed by atoms with E-state index < -0.39 is 10.0 Å². The Bertz CT molecular complexity index is 481. The van der Waals surface area contributed by atoms with Gasteiger partial charge < -0.3 is 5.32 Å². The lowest BCUT2D eigenvalue weighted by Gasteiger charge is -2.09. The first-order chi connectivity index (χ1) is 9.44. The monoisotopic (exact) mass is 318 g/mol. The maximum Gasteiger partial charge on any atom is 0.211 e. The molecule has 20 heavy (non-hydrogen) atoms. The summed E-state index contributed by atoms with van der Waals surface area (Å²) >= 11 is 1.61. The van der Waals surface area contributed by atoms with Gasteiger partial charge in [-0.3, -0.25) is 0 Å². The van der Waals surface area contributed by atoms with Gasteiger partial charge in [-0.15, -0.1) is 11.3 Å². The molecule has 0 unspecified atom stereocenters. The van der Waals surface area contributed by atoms with Gasteiger partial charge in [-0.05, 0) is 42.8 Å². The third-order valence-corrected chi connectivity index (χ3v) is 5.44. The first kappa shape index (κ1) is 17.6. The lowest BCUT2D eigenvalue weighted by Crippen LogP contribution is -2.27. The first-order valence-corrected chi connectivity index (χ1v) is 9.73. The van der Waals surface area contributed by atoms with Crippen molar-refractivity contribution in [3.8, 4) is 0 Å². The zero-order valence-corrected chi connectivity index (χ0v) is 14.2. The van der Waals surface area contributed by atoms with E-state index in [1.165, 1.54) is 5.56 Å². The molecule has 0 saturated carbocycles. The Morgan fingerprint density at radius 1 is 1.30 bits per heavy atom. The zero-order valence-electron chi connectivity index (χ0n) is 12.6. The third kappa shape index (κ3) is 6.83. The quantitative estimate of drug-likeness (QED) is 0.652. The Morgan fingerprint density at radius 3 is 2.70 bits per heavy atom. The number of hydrogen-bond acceptors (Lipinski definition) is 4. The molecular weight excluding hydrogens is 292 g/mol. The molecule has 0 fully saturated rings. The van der Waals surface area contributed by atoms with Gasteiger partial charge in [0.25, 0.3) is 0 Å². The summed E-state index contributed by atoms with van der Waals surface area (Å²) in [7, 11) is -3.15. The molecule has 0 spiro atoms. The SMILES string of the molecule is CCc1ccsc1CNS(=O)(=O)CCCCNC(C)C. The molecule has 0 aromatic carbocycles. The third-order valence-electron chi connectivity index (χ3n) is 3.06. The number of nitrogens with one attached hydrogen (secondary N) is 2. The fourth-order valence-corrected chi connectivity index (χ4v) is 3.99. The van der Waals surface area contributed by atoms with E-state index >= 15 is 0 Å². The summed E-state index contributed by atoms with van der Waals surface area (Å²) in [5.74, 6) is 0.208. The molecule has 6 heteroatoms. The Kier molecular flexibility index (Phi) is 7.72. The van der Waals surface area contributed by atoms with E-state index in [-0.39, 0.29) is 5.75 Å². The van der Waals surface area contributed by atoms with Crippen molar-refractivity contribution in [2.24, 2.45) is 0 Å². The molecule has 0 aliphatic rings. The maximum atomic E-state index is 11.9. The molecule has 0 aliphatic heterocycles. The Balaban J connectivity index is 2.28. The minimum atomic E-state index is -3.15. The smallest absolute Gasteiger partial charge is 0.211 e. The summed E-state index contributed by atoms with van der Waals surface area (Å²) in [6, 6.07) is 2.52. The molecule has 1 aromatic rings. The highest BCUT2D eigenvalue weighted by molar-refractivity contribution is 7.89. The van der Waals surface area contributed by atoms with Crippen LogP contribution in [0.15, 0.2) is 11.4 Å². The number of hydrogen-bond donors (Lipinski definition) is 2. The molecular formula is C14H26N2O2S2. The van der Waals surface area contributed by atoms with Crippen molar-refractivity contribution in [2.75, 3.05) is 12.3 Å². The van der Waals surface area contributed by atoms with E-state index in [9.17, 15) is 8.42 Å². The fraction of sp³-hybridized carbons (Fsp3) is 0.714. The van der Waals surface area contributed by atoms with Gasteiger partial charge >= 0.3 is 0 Å². The van der Waals surface area contributed by atoms with Crippen LogP contribution in [0.4, 0.5) is 0 Å². The molecule has 1 aromatic heterocycles. The predicted octanol–water partition coefficient (Wildman–Crippen LogP) is 2.51. The van der Waals surface area contributed by atoms with Gasteiger partial charge in [-0.2, -0.15) is 0 Å². The van der Waals surface area contributed by atoms with E-state index in [0.717, 1.165) is 24.3 Å². The minimum absolute atomic E-state index is 0.208. The van der Waals surface area contributed by atoms with Crippen molar-refractivity contribution < 1.29 is 8.42 Å². The number of sulfonamides is 1. The largest absolute Gasteiger partial charge is 0.315 e. The second-order valence-electron chi connectivity index (χ2n) is 5.18. The standard InChI is InChI=1S/C14H26N2O2S2/c1-4-13-7-9-19-14(13)11-16-20(17,18)10-6-5-8-15-12(2)3/h7,9,12,15-16H,4-6,8,10-11H2,1-3H3. The van der Waals surface area contributed by atoms with Gasteiger partial charge in [-0.1, -0.05) is 20.8 Å². The second kappa shape index (κ2) is 8.77. The maximum absolute atomic E-state index is 11.9. The molecule has 4 nitrogen and oxygen atoms in total. The molecule has 0 amide bonds. The van der Waals surface area contributed by atoms with Crippen molar-refractivity contribution in [1.82, 2.24) is 10.0 Å². The van der Waals surface area contributed by atoms with E-state index in [0.29, 0.717) is 19.0 Å². The van der Waals surface area contributed by atoms with E-state index in [1.807, 2.05) is 5.38 Å². The zero-order chi connectivity index (χ0) is 15.0. The van der Waals surface area contributed by atoms with Crippen LogP contribution in [0.25, 0.3) is 0 Å². The highest BCUT2D eigenvalue weighted by Crippen LogP contribution is 2.17. The Hall–Kier alpha value is -0.430. The van der Waals surface area contributed by atoms with Crippen LogP contribution in [0.2, 0.25) is 0 Å². The lowest BCUT2D eigenvalue weighted by atomic mass is 10.2. The normalized spacial score (nSPS) is 12.2. The number of unbranched alkanes of at least 4 members (excludes halogenated alkanes) is 1. The number of thiophene rings is 1. The predicted molar refractivity (Wildman–Crippen MR) is 86.7 cm³/mol. The average Bonchev–Trinajstić information content (AvgIpc) is 2.83. The Morgan fingerprint density at radius 2 is 2.05 bits per heavy atom. The van der Waals surface area contributed by atoms with E-state index in [2.05, 4.69) is 36.9 Å². The van der Waals surface area contributed by atoms with Crippen LogP contribution in [-0.2, 0) is 23.0 Å². The summed E-state index contributed by atoms with van der Waals surface area (Å²) < 4.78 is 26.5. The molecule has 116 valence electrons. The molecule has 0 radical (unpaired) electrons. The molecule has 0 atom stereocenters. The molecule has 1 heterocycles. The van der Waals surface area contributed by atoms with Crippen LogP contribution < -0.4 is 10.0 Å². The summed E-state index contributed by atoms with van der Waals surface area (Å²) in [6.07, 6.45) is 2.53. The van der Waals surface area contributed by atoms with Gasteiger partial charge in [0.1, 0.15) is 0 Å². The van der Waals surface area contributed by atoms with Crippen molar-refractivity contribution in [3.05, 3.63) is 21.9 Å². The van der Waals surface area contributed by atoms with Crippen LogP contribution in [0.5, 0.6) is 0 Å². The topological polar surface area (TPSA) is 58.2 Å². The first-order valence-electron chi connectivity index (χ1n) is 7.20. The van der Waals surface area contributed by atoms with Gasteiger partial charge in [-0.25, -0.2) is 13.1 Å². The van der Waals surface area contributed by atoms with Crippen LogP contribution in [0.1, 0.15) is 44.1 Å². The van der Waals surface area contributed by atoms with Gasteiger partial charge in [0, 0.05) is 17.5 Å². The van der Waals surface area contributed by atoms with Crippen molar-refractivity contribution in [2.45, 2.75) is 52.6 Å². The van der Waals surface area contributed by atoms with Crippen LogP contribution in [0, 0.1) is 0 Å². The summed E-state index contributed by atoms with van der Waals surface area (Å²) in [5, 5.41) is 5.30. The average molecular weight is 319 g/mol. The van der Waals surface area contributed by atoms with Gasteiger partial charge in [0.05, 0.1) is 5.75 Å². The second-order valence-corrected chi connectivity index (χ2v) is 8.11. The highest BCUT2D eigenvalue weighted by Gasteiger charge is 2.11. The van der Waals surface area contributed by atoms with Crippen molar-refractivity contribution >= 4 is 21.4 Å². The van der Waals surface area contributed by atoms with Crippen LogP contribution in [0.3, 0.4) is 0 Å². The number of rotatable bonds is 10. The van der Waals surface area contributed by atoms with Crippen molar-refractivity contribution in [1.29, 1.82) is 0 Å². The summed E-state index contributed by atoms with van der Waals surface area (Å²) in [5.41, 5.74) is 1.24. The minimum Gasteiger partial charge on any atom is -0.315 e. The van der Waals surface area contributed by atoms with Crippen molar-refractivity contribution in [3.63, 3.8) is 0 Å². The summed E-state index contributed by atoms with van der Waals surface area (Å²) in [4.78, 5) is 1.12. The van der Waals surface area contributed by atoms with Gasteiger partial charge in [0.15, 0.2) is 0 Å². The lowest BCUT2D eigenvalue weighted by molar-refractivity contribution is 0.555. The molecule has 0 bridgehead atoms. The molecule has 2 N–H and O–H groups in total. The van der Waals surface area contributed by atoms with E-state index in [1.54, 1.807) is 11.3 Å². The molecule has 1 rings (SSSR count). The van der Waals surface area contributed by atoms with E-state index in [4.69, 9.17) is 0 Å². The van der Waals surface area contributed by atoms with Crippen LogP contribution >= 0.6 is 11.3 Å². The molecule has 0 aliphatic carbocycles. The van der Waals surface area contributed by atoms with Gasteiger partial charge in [0.2, 0.25) is 10.0 Å². The van der Waals surface area contributed by atoms with Crippen LogP contribution in [-0.4, -0.2) is 26.8 Å². The molecule has 0 saturated heterocycles.